The highest BCUT2D eigenvalue weighted by molar-refractivity contribution is 7.99. The third-order valence-electron chi connectivity index (χ3n) is 3.68. The summed E-state index contributed by atoms with van der Waals surface area (Å²) in [6, 6.07) is 10.3. The van der Waals surface area contributed by atoms with E-state index in [0.29, 0.717) is 31.5 Å². The maximum atomic E-state index is 12.2. The molecule has 0 aliphatic carbocycles. The molecule has 116 valence electrons. The molecule has 1 saturated heterocycles. The molecule has 1 aromatic carbocycles. The first-order chi connectivity index (χ1) is 10.2. The van der Waals surface area contributed by atoms with Crippen molar-refractivity contribution in [3.63, 3.8) is 0 Å². The third-order valence-corrected chi connectivity index (χ3v) is 4.65. The van der Waals surface area contributed by atoms with Crippen LogP contribution in [0.3, 0.4) is 0 Å². The molecule has 1 aliphatic heterocycles. The number of benzene rings is 1. The Bertz CT molecular complexity index is 441. The summed E-state index contributed by atoms with van der Waals surface area (Å²) in [4.78, 5) is 14.0. The number of hydrogen-bond acceptors (Lipinski definition) is 3. The Kier molecular flexibility index (Phi) is 6.39. The summed E-state index contributed by atoms with van der Waals surface area (Å²) in [6.07, 6.45) is 3.00. The highest BCUT2D eigenvalue weighted by Crippen LogP contribution is 2.12. The van der Waals surface area contributed by atoms with E-state index >= 15 is 0 Å². The van der Waals surface area contributed by atoms with Crippen LogP contribution in [0.5, 0.6) is 0 Å². The van der Waals surface area contributed by atoms with Gasteiger partial charge in [0.15, 0.2) is 0 Å². The van der Waals surface area contributed by atoms with E-state index in [2.05, 4.69) is 30.6 Å². The summed E-state index contributed by atoms with van der Waals surface area (Å²) in [5.74, 6) is 0. The maximum Gasteiger partial charge on any atom is 0.317 e. The summed E-state index contributed by atoms with van der Waals surface area (Å²) >= 11 is 1.76. The van der Waals surface area contributed by atoms with Crippen LogP contribution in [0.25, 0.3) is 0 Å². The van der Waals surface area contributed by atoms with E-state index in [1.54, 1.807) is 11.8 Å². The van der Waals surface area contributed by atoms with Gasteiger partial charge in [-0.1, -0.05) is 37.3 Å². The highest BCUT2D eigenvalue weighted by Gasteiger charge is 2.24. The molecule has 0 spiro atoms. The van der Waals surface area contributed by atoms with E-state index in [0.717, 1.165) is 6.42 Å². The van der Waals surface area contributed by atoms with Gasteiger partial charge in [0.25, 0.3) is 0 Å². The molecule has 0 saturated carbocycles. The average molecular weight is 308 g/mol. The van der Waals surface area contributed by atoms with Crippen molar-refractivity contribution in [2.24, 2.45) is 0 Å². The summed E-state index contributed by atoms with van der Waals surface area (Å²) in [5.41, 5.74) is 1.25. The number of urea groups is 1. The standard InChI is InChI=1S/C16H24N2O2S/c1-13(21-2)11-17-16(19)18-8-9-20-15(12-18)10-14-6-4-3-5-7-14/h3-7,13,15H,8-12H2,1-2H3,(H,17,19)/t13-,15-/m0/s1. The molecular weight excluding hydrogens is 284 g/mol. The smallest absolute Gasteiger partial charge is 0.317 e. The molecule has 2 rings (SSSR count). The van der Waals surface area contributed by atoms with Gasteiger partial charge >= 0.3 is 6.03 Å². The van der Waals surface area contributed by atoms with Gasteiger partial charge in [0.1, 0.15) is 0 Å². The number of carbonyl (C=O) groups excluding carboxylic acids is 1. The molecule has 0 radical (unpaired) electrons. The molecule has 1 N–H and O–H groups in total. The molecule has 5 heteroatoms. The van der Waals surface area contributed by atoms with Crippen LogP contribution in [-0.4, -0.2) is 54.8 Å². The Morgan fingerprint density at radius 3 is 2.95 bits per heavy atom. The fourth-order valence-corrected chi connectivity index (χ4v) is 2.58. The molecule has 1 heterocycles. The van der Waals surface area contributed by atoms with Crippen molar-refractivity contribution in [3.05, 3.63) is 35.9 Å². The number of thioether (sulfide) groups is 1. The van der Waals surface area contributed by atoms with Gasteiger partial charge in [-0.15, -0.1) is 0 Å². The SMILES string of the molecule is CS[C@@H](C)CNC(=O)N1CCO[C@@H](Cc2ccccc2)C1. The Labute approximate surface area is 131 Å². The maximum absolute atomic E-state index is 12.2. The summed E-state index contributed by atoms with van der Waals surface area (Å²) in [7, 11) is 0. The molecule has 0 unspecified atom stereocenters. The van der Waals surface area contributed by atoms with Crippen LogP contribution in [-0.2, 0) is 11.2 Å². The Morgan fingerprint density at radius 1 is 1.48 bits per heavy atom. The number of hydrogen-bond donors (Lipinski definition) is 1. The Morgan fingerprint density at radius 2 is 2.24 bits per heavy atom. The van der Waals surface area contributed by atoms with Gasteiger partial charge in [-0.05, 0) is 11.8 Å². The number of rotatable bonds is 5. The van der Waals surface area contributed by atoms with Crippen LogP contribution < -0.4 is 5.32 Å². The molecule has 1 aromatic rings. The van der Waals surface area contributed by atoms with E-state index in [1.165, 1.54) is 5.56 Å². The van der Waals surface area contributed by atoms with Crippen molar-refractivity contribution in [3.8, 4) is 0 Å². The van der Waals surface area contributed by atoms with Crippen LogP contribution in [0.4, 0.5) is 4.79 Å². The molecule has 21 heavy (non-hydrogen) atoms. The van der Waals surface area contributed by atoms with E-state index in [1.807, 2.05) is 23.1 Å². The zero-order chi connectivity index (χ0) is 15.1. The molecule has 1 fully saturated rings. The van der Waals surface area contributed by atoms with Gasteiger partial charge < -0.3 is 15.0 Å². The molecule has 4 nitrogen and oxygen atoms in total. The first-order valence-corrected chi connectivity index (χ1v) is 8.69. The van der Waals surface area contributed by atoms with Gasteiger partial charge in [-0.25, -0.2) is 4.79 Å². The highest BCUT2D eigenvalue weighted by atomic mass is 32.2. The van der Waals surface area contributed by atoms with Crippen LogP contribution in [0.15, 0.2) is 30.3 Å². The van der Waals surface area contributed by atoms with Gasteiger partial charge in [-0.2, -0.15) is 11.8 Å². The normalized spacial score (nSPS) is 20.1. The molecule has 2 atom stereocenters. The topological polar surface area (TPSA) is 41.6 Å². The van der Waals surface area contributed by atoms with E-state index in [9.17, 15) is 4.79 Å². The van der Waals surface area contributed by atoms with Crippen molar-refractivity contribution < 1.29 is 9.53 Å². The lowest BCUT2D eigenvalue weighted by Crippen LogP contribution is -2.50. The van der Waals surface area contributed by atoms with Gasteiger partial charge in [-0.3, -0.25) is 0 Å². The van der Waals surface area contributed by atoms with Crippen molar-refractivity contribution in [1.29, 1.82) is 0 Å². The zero-order valence-electron chi connectivity index (χ0n) is 12.7. The van der Waals surface area contributed by atoms with E-state index < -0.39 is 0 Å². The lowest BCUT2D eigenvalue weighted by molar-refractivity contribution is -0.0132. The van der Waals surface area contributed by atoms with E-state index in [4.69, 9.17) is 4.74 Å². The summed E-state index contributed by atoms with van der Waals surface area (Å²) in [5, 5.41) is 3.44. The lowest BCUT2D eigenvalue weighted by Gasteiger charge is -2.33. The fourth-order valence-electron chi connectivity index (χ4n) is 2.33. The van der Waals surface area contributed by atoms with Crippen LogP contribution in [0.1, 0.15) is 12.5 Å². The summed E-state index contributed by atoms with van der Waals surface area (Å²) in [6.45, 7) is 4.77. The predicted octanol–water partition coefficient (Wildman–Crippen LogP) is 2.39. The minimum Gasteiger partial charge on any atom is -0.374 e. The van der Waals surface area contributed by atoms with Gasteiger partial charge in [0.05, 0.1) is 12.7 Å². The number of nitrogens with zero attached hydrogens (tertiary/aromatic N) is 1. The number of amides is 2. The molecule has 1 aliphatic rings. The fraction of sp³-hybridized carbons (Fsp3) is 0.562. The molecule has 2 amide bonds. The van der Waals surface area contributed by atoms with Crippen LogP contribution in [0.2, 0.25) is 0 Å². The molecular formula is C16H24N2O2S. The average Bonchev–Trinajstić information content (AvgIpc) is 2.53. The number of nitrogens with one attached hydrogen (secondary N) is 1. The summed E-state index contributed by atoms with van der Waals surface area (Å²) < 4.78 is 5.78. The number of ether oxygens (including phenoxy) is 1. The Hall–Kier alpha value is -1.20. The quantitative estimate of drug-likeness (QED) is 0.908. The lowest BCUT2D eigenvalue weighted by atomic mass is 10.1. The van der Waals surface area contributed by atoms with Crippen molar-refractivity contribution in [1.82, 2.24) is 10.2 Å². The first-order valence-electron chi connectivity index (χ1n) is 7.40. The second kappa shape index (κ2) is 8.29. The Balaban J connectivity index is 1.81. The van der Waals surface area contributed by atoms with Gasteiger partial charge in [0.2, 0.25) is 0 Å². The van der Waals surface area contributed by atoms with E-state index in [-0.39, 0.29) is 12.1 Å². The minimum atomic E-state index is 0.0252. The first kappa shape index (κ1) is 16.2. The predicted molar refractivity (Wildman–Crippen MR) is 87.8 cm³/mol. The molecule has 0 aromatic heterocycles. The number of carbonyl (C=O) groups is 1. The largest absolute Gasteiger partial charge is 0.374 e. The van der Waals surface area contributed by atoms with Crippen molar-refractivity contribution in [2.75, 3.05) is 32.5 Å². The second-order valence-electron chi connectivity index (χ2n) is 5.36. The van der Waals surface area contributed by atoms with Crippen molar-refractivity contribution >= 4 is 17.8 Å². The van der Waals surface area contributed by atoms with Crippen LogP contribution >= 0.6 is 11.8 Å². The van der Waals surface area contributed by atoms with Gasteiger partial charge in [0, 0.05) is 31.3 Å². The minimum absolute atomic E-state index is 0.0252. The third kappa shape index (κ3) is 5.25. The monoisotopic (exact) mass is 308 g/mol. The second-order valence-corrected chi connectivity index (χ2v) is 6.64. The van der Waals surface area contributed by atoms with Crippen molar-refractivity contribution in [2.45, 2.75) is 24.7 Å². The molecule has 0 bridgehead atoms. The zero-order valence-corrected chi connectivity index (χ0v) is 13.6. The number of morpholine rings is 1. The van der Waals surface area contributed by atoms with Crippen LogP contribution in [0, 0.1) is 0 Å².